The van der Waals surface area contributed by atoms with Crippen LogP contribution in [0.4, 0.5) is 0 Å². The van der Waals surface area contributed by atoms with Crippen LogP contribution in [0, 0.1) is 5.92 Å². The summed E-state index contributed by atoms with van der Waals surface area (Å²) in [5, 5.41) is 7.44. The van der Waals surface area contributed by atoms with E-state index in [-0.39, 0.29) is 24.4 Å². The number of piperidine rings is 1. The molecule has 0 aromatic carbocycles. The first-order chi connectivity index (χ1) is 10.7. The molecule has 2 saturated heterocycles. The van der Waals surface area contributed by atoms with E-state index in [0.29, 0.717) is 5.92 Å². The number of nitrogens with one attached hydrogen (secondary N) is 2. The summed E-state index contributed by atoms with van der Waals surface area (Å²) in [6, 6.07) is 0.0251. The minimum Gasteiger partial charge on any atom is -0.354 e. The van der Waals surface area contributed by atoms with Gasteiger partial charge < -0.3 is 10.6 Å². The number of hydrogen-bond donors (Lipinski definition) is 2. The number of carbonyl (C=O) groups is 1. The second kappa shape index (κ2) is 9.18. The van der Waals surface area contributed by atoms with Crippen LogP contribution in [0.1, 0.15) is 30.7 Å². The van der Waals surface area contributed by atoms with Gasteiger partial charge in [0.2, 0.25) is 5.91 Å². The van der Waals surface area contributed by atoms with Crippen molar-refractivity contribution in [2.45, 2.75) is 38.3 Å². The lowest BCUT2D eigenvalue weighted by Crippen LogP contribution is -2.45. The molecule has 1 amide bonds. The van der Waals surface area contributed by atoms with Crippen LogP contribution in [0.25, 0.3) is 0 Å². The zero-order valence-corrected chi connectivity index (χ0v) is 15.5. The van der Waals surface area contributed by atoms with Gasteiger partial charge in [0.1, 0.15) is 9.34 Å². The smallest absolute Gasteiger partial charge is 0.237 e. The standard InChI is InChI=1S/C15H23ClN4OS.ClH/c16-13-8-18-14(22-13)10-20-6-2-3-11(9-20)7-19-15(21)12-4-1-5-17-12;/h8,11-12,17H,1-7,9-10H2,(H,19,21);1H. The number of likely N-dealkylation sites (tertiary alicyclic amines) is 1. The first-order valence-electron chi connectivity index (χ1n) is 8.04. The minimum atomic E-state index is 0. The highest BCUT2D eigenvalue weighted by atomic mass is 35.5. The SMILES string of the molecule is Cl.O=C(NCC1CCCN(Cc2ncc(Cl)s2)C1)C1CCCN1. The zero-order valence-electron chi connectivity index (χ0n) is 13.1. The summed E-state index contributed by atoms with van der Waals surface area (Å²) in [6.45, 7) is 4.74. The fraction of sp³-hybridized carbons (Fsp3) is 0.733. The molecule has 2 aliphatic rings. The number of carbonyl (C=O) groups excluding carboxylic acids is 1. The Labute approximate surface area is 152 Å². The molecule has 1 aromatic heterocycles. The van der Waals surface area contributed by atoms with Gasteiger partial charge in [-0.05, 0) is 44.7 Å². The number of thiazole rings is 1. The van der Waals surface area contributed by atoms with Crippen molar-refractivity contribution in [2.75, 3.05) is 26.2 Å². The fourth-order valence-electron chi connectivity index (χ4n) is 3.29. The summed E-state index contributed by atoms with van der Waals surface area (Å²) in [6.07, 6.45) is 6.16. The van der Waals surface area contributed by atoms with Crippen molar-refractivity contribution in [3.63, 3.8) is 0 Å². The van der Waals surface area contributed by atoms with Gasteiger partial charge >= 0.3 is 0 Å². The molecule has 2 atom stereocenters. The van der Waals surface area contributed by atoms with E-state index < -0.39 is 0 Å². The lowest BCUT2D eigenvalue weighted by atomic mass is 9.98. The average Bonchev–Trinajstić information content (AvgIpc) is 3.17. The van der Waals surface area contributed by atoms with Crippen molar-refractivity contribution >= 4 is 41.3 Å². The summed E-state index contributed by atoms with van der Waals surface area (Å²) in [4.78, 5) is 18.8. The maximum Gasteiger partial charge on any atom is 0.237 e. The lowest BCUT2D eigenvalue weighted by Gasteiger charge is -2.32. The molecule has 2 aliphatic heterocycles. The Hall–Kier alpha value is -0.400. The first kappa shape index (κ1) is 18.9. The Morgan fingerprint density at radius 2 is 2.35 bits per heavy atom. The van der Waals surface area contributed by atoms with Crippen LogP contribution in [0.15, 0.2) is 6.20 Å². The van der Waals surface area contributed by atoms with Gasteiger partial charge in [0.15, 0.2) is 0 Å². The van der Waals surface area contributed by atoms with Crippen molar-refractivity contribution < 1.29 is 4.79 Å². The molecule has 130 valence electrons. The molecular formula is C15H24Cl2N4OS. The summed E-state index contributed by atoms with van der Waals surface area (Å²) < 4.78 is 0.750. The fourth-order valence-corrected chi connectivity index (χ4v) is 4.29. The summed E-state index contributed by atoms with van der Waals surface area (Å²) in [7, 11) is 0. The molecule has 2 unspecified atom stereocenters. The summed E-state index contributed by atoms with van der Waals surface area (Å²) in [5.41, 5.74) is 0. The third-order valence-electron chi connectivity index (χ3n) is 4.43. The topological polar surface area (TPSA) is 57.3 Å². The van der Waals surface area contributed by atoms with Crippen LogP contribution in [-0.2, 0) is 11.3 Å². The Bertz CT molecular complexity index is 507. The Kier molecular flexibility index (Phi) is 7.56. The highest BCUT2D eigenvalue weighted by molar-refractivity contribution is 7.15. The van der Waals surface area contributed by atoms with Crippen molar-refractivity contribution in [1.29, 1.82) is 0 Å². The Balaban J connectivity index is 0.00000192. The van der Waals surface area contributed by atoms with Gasteiger partial charge in [0.25, 0.3) is 0 Å². The van der Waals surface area contributed by atoms with Gasteiger partial charge in [-0.3, -0.25) is 9.69 Å². The van der Waals surface area contributed by atoms with Crippen molar-refractivity contribution in [2.24, 2.45) is 5.92 Å². The van der Waals surface area contributed by atoms with Crippen LogP contribution in [0.2, 0.25) is 4.34 Å². The van der Waals surface area contributed by atoms with E-state index in [1.807, 2.05) is 0 Å². The third-order valence-corrected chi connectivity index (χ3v) is 5.53. The number of hydrogen-bond acceptors (Lipinski definition) is 5. The van der Waals surface area contributed by atoms with Crippen LogP contribution >= 0.6 is 35.3 Å². The quantitative estimate of drug-likeness (QED) is 0.824. The first-order valence-corrected chi connectivity index (χ1v) is 9.24. The highest BCUT2D eigenvalue weighted by Gasteiger charge is 2.24. The van der Waals surface area contributed by atoms with Crippen LogP contribution < -0.4 is 10.6 Å². The molecule has 0 spiro atoms. The van der Waals surface area contributed by atoms with Crippen LogP contribution in [0.3, 0.4) is 0 Å². The molecule has 0 saturated carbocycles. The number of nitrogens with zero attached hydrogens (tertiary/aromatic N) is 2. The van der Waals surface area contributed by atoms with E-state index in [1.54, 1.807) is 17.5 Å². The molecule has 8 heteroatoms. The van der Waals surface area contributed by atoms with E-state index in [9.17, 15) is 4.79 Å². The normalized spacial score (nSPS) is 25.1. The monoisotopic (exact) mass is 378 g/mol. The largest absolute Gasteiger partial charge is 0.354 e. The maximum atomic E-state index is 12.1. The summed E-state index contributed by atoms with van der Waals surface area (Å²) in [5.74, 6) is 0.705. The minimum absolute atomic E-state index is 0. The Morgan fingerprint density at radius 3 is 3.04 bits per heavy atom. The molecule has 0 radical (unpaired) electrons. The molecule has 0 aliphatic carbocycles. The van der Waals surface area contributed by atoms with Crippen LogP contribution in [0.5, 0.6) is 0 Å². The van der Waals surface area contributed by atoms with Crippen molar-refractivity contribution in [3.8, 4) is 0 Å². The van der Waals surface area contributed by atoms with Gasteiger partial charge in [0, 0.05) is 13.1 Å². The van der Waals surface area contributed by atoms with E-state index in [0.717, 1.165) is 54.9 Å². The van der Waals surface area contributed by atoms with E-state index in [2.05, 4.69) is 20.5 Å². The predicted octanol–water partition coefficient (Wildman–Crippen LogP) is 2.30. The predicted molar refractivity (Wildman–Crippen MR) is 96.4 cm³/mol. The zero-order chi connectivity index (χ0) is 15.4. The number of halogens is 2. The third kappa shape index (κ3) is 5.57. The van der Waals surface area contributed by atoms with Gasteiger partial charge in [-0.2, -0.15) is 0 Å². The molecule has 0 bridgehead atoms. The van der Waals surface area contributed by atoms with Crippen molar-refractivity contribution in [3.05, 3.63) is 15.5 Å². The number of amides is 1. The summed E-state index contributed by atoms with van der Waals surface area (Å²) >= 11 is 7.49. The maximum absolute atomic E-state index is 12.1. The second-order valence-electron chi connectivity index (χ2n) is 6.20. The molecular weight excluding hydrogens is 355 g/mol. The highest BCUT2D eigenvalue weighted by Crippen LogP contribution is 2.22. The number of rotatable bonds is 5. The van der Waals surface area contributed by atoms with Crippen molar-refractivity contribution in [1.82, 2.24) is 20.5 Å². The Morgan fingerprint density at radius 1 is 1.48 bits per heavy atom. The molecule has 3 rings (SSSR count). The molecule has 23 heavy (non-hydrogen) atoms. The van der Waals surface area contributed by atoms with Gasteiger partial charge in [-0.1, -0.05) is 11.6 Å². The average molecular weight is 379 g/mol. The molecule has 2 fully saturated rings. The second-order valence-corrected chi connectivity index (χ2v) is 7.94. The lowest BCUT2D eigenvalue weighted by molar-refractivity contribution is -0.123. The van der Waals surface area contributed by atoms with Gasteiger partial charge in [0.05, 0.1) is 18.8 Å². The van der Waals surface area contributed by atoms with Gasteiger partial charge in [-0.15, -0.1) is 23.7 Å². The van der Waals surface area contributed by atoms with Gasteiger partial charge in [-0.25, -0.2) is 4.98 Å². The van der Waals surface area contributed by atoms with E-state index in [1.165, 1.54) is 12.8 Å². The number of aromatic nitrogens is 1. The van der Waals surface area contributed by atoms with E-state index in [4.69, 9.17) is 11.6 Å². The van der Waals surface area contributed by atoms with E-state index >= 15 is 0 Å². The molecule has 1 aromatic rings. The van der Waals surface area contributed by atoms with Crippen LogP contribution in [-0.4, -0.2) is 48.0 Å². The molecule has 2 N–H and O–H groups in total. The molecule has 5 nitrogen and oxygen atoms in total. The molecule has 3 heterocycles.